The monoisotopic (exact) mass is 446 g/mol. The lowest BCUT2D eigenvalue weighted by atomic mass is 10.3. The summed E-state index contributed by atoms with van der Waals surface area (Å²) >= 11 is 9.30. The molecule has 0 aliphatic carbocycles. The van der Waals surface area contributed by atoms with Crippen molar-refractivity contribution >= 4 is 49.1 Å². The molecular formula is C16H16BrClN2O4S. The topological polar surface area (TPSA) is 75.7 Å². The number of benzene rings is 2. The fourth-order valence-corrected chi connectivity index (χ4v) is 3.48. The van der Waals surface area contributed by atoms with Crippen LogP contribution < -0.4 is 10.1 Å². The highest BCUT2D eigenvalue weighted by Crippen LogP contribution is 2.27. The largest absolute Gasteiger partial charge is 0.482 e. The third-order valence-corrected chi connectivity index (χ3v) is 5.79. The molecule has 2 rings (SSSR count). The summed E-state index contributed by atoms with van der Waals surface area (Å²) in [4.78, 5) is 12.1. The molecule has 0 atom stereocenters. The summed E-state index contributed by atoms with van der Waals surface area (Å²) in [6.45, 7) is -0.223. The van der Waals surface area contributed by atoms with E-state index >= 15 is 0 Å². The SMILES string of the molecule is CN(C)S(=O)(=O)c1ccc(NC(=O)COc2ccc(Br)cc2Cl)cc1. The first-order valence-electron chi connectivity index (χ1n) is 7.10. The van der Waals surface area contributed by atoms with E-state index < -0.39 is 10.0 Å². The predicted molar refractivity (Wildman–Crippen MR) is 101 cm³/mol. The van der Waals surface area contributed by atoms with Gasteiger partial charge in [0.2, 0.25) is 10.0 Å². The van der Waals surface area contributed by atoms with Gasteiger partial charge in [-0.3, -0.25) is 4.79 Å². The Morgan fingerprint density at radius 1 is 1.20 bits per heavy atom. The van der Waals surface area contributed by atoms with Crippen molar-refractivity contribution in [1.29, 1.82) is 0 Å². The molecule has 0 saturated carbocycles. The molecule has 6 nitrogen and oxygen atoms in total. The summed E-state index contributed by atoms with van der Waals surface area (Å²) in [6, 6.07) is 11.0. The van der Waals surface area contributed by atoms with Gasteiger partial charge < -0.3 is 10.1 Å². The van der Waals surface area contributed by atoms with Crippen LogP contribution in [0.2, 0.25) is 5.02 Å². The molecule has 0 aliphatic heterocycles. The van der Waals surface area contributed by atoms with Crippen molar-refractivity contribution in [3.63, 3.8) is 0 Å². The number of carbonyl (C=O) groups is 1. The zero-order chi connectivity index (χ0) is 18.6. The van der Waals surface area contributed by atoms with Crippen molar-refractivity contribution in [2.75, 3.05) is 26.0 Å². The number of ether oxygens (including phenoxy) is 1. The predicted octanol–water partition coefficient (Wildman–Crippen LogP) is 3.37. The Hall–Kier alpha value is -1.61. The van der Waals surface area contributed by atoms with Gasteiger partial charge in [-0.1, -0.05) is 27.5 Å². The van der Waals surface area contributed by atoms with Crippen LogP contribution in [0.1, 0.15) is 0 Å². The maximum absolute atomic E-state index is 12.0. The van der Waals surface area contributed by atoms with Crippen molar-refractivity contribution < 1.29 is 17.9 Å². The van der Waals surface area contributed by atoms with Crippen LogP contribution in [0.4, 0.5) is 5.69 Å². The first-order chi connectivity index (χ1) is 11.7. The van der Waals surface area contributed by atoms with Crippen molar-refractivity contribution in [1.82, 2.24) is 4.31 Å². The van der Waals surface area contributed by atoms with Crippen LogP contribution in [0.25, 0.3) is 0 Å². The molecule has 9 heteroatoms. The van der Waals surface area contributed by atoms with E-state index in [0.717, 1.165) is 8.78 Å². The van der Waals surface area contributed by atoms with E-state index in [0.29, 0.717) is 16.5 Å². The summed E-state index contributed by atoms with van der Waals surface area (Å²) < 4.78 is 31.3. The van der Waals surface area contributed by atoms with E-state index in [2.05, 4.69) is 21.2 Å². The van der Waals surface area contributed by atoms with E-state index in [1.165, 1.54) is 38.4 Å². The summed E-state index contributed by atoms with van der Waals surface area (Å²) in [7, 11) is -0.591. The maximum Gasteiger partial charge on any atom is 0.262 e. The Morgan fingerprint density at radius 2 is 1.84 bits per heavy atom. The van der Waals surface area contributed by atoms with E-state index in [-0.39, 0.29) is 17.4 Å². The van der Waals surface area contributed by atoms with E-state index in [9.17, 15) is 13.2 Å². The number of hydrogen-bond acceptors (Lipinski definition) is 4. The molecule has 25 heavy (non-hydrogen) atoms. The molecule has 0 unspecified atom stereocenters. The minimum absolute atomic E-state index is 0.147. The van der Waals surface area contributed by atoms with Crippen LogP contribution in [0.15, 0.2) is 51.8 Å². The summed E-state index contributed by atoms with van der Waals surface area (Å²) in [5.41, 5.74) is 0.466. The number of hydrogen-bond donors (Lipinski definition) is 1. The number of rotatable bonds is 6. The number of sulfonamides is 1. The first-order valence-corrected chi connectivity index (χ1v) is 9.71. The molecule has 0 aromatic heterocycles. The molecule has 1 amide bonds. The number of amides is 1. The molecule has 2 aromatic carbocycles. The zero-order valence-electron chi connectivity index (χ0n) is 13.5. The smallest absolute Gasteiger partial charge is 0.262 e. The van der Waals surface area contributed by atoms with Gasteiger partial charge >= 0.3 is 0 Å². The van der Waals surface area contributed by atoms with Crippen LogP contribution in [0.5, 0.6) is 5.75 Å². The van der Waals surface area contributed by atoms with Gasteiger partial charge in [0.1, 0.15) is 5.75 Å². The lowest BCUT2D eigenvalue weighted by Crippen LogP contribution is -2.22. The molecule has 134 valence electrons. The average Bonchev–Trinajstić information content (AvgIpc) is 2.54. The standard InChI is InChI=1S/C16H16BrClN2O4S/c1-20(2)25(22,23)13-6-4-12(5-7-13)19-16(21)10-24-15-8-3-11(17)9-14(15)18/h3-9H,10H2,1-2H3,(H,19,21). The molecule has 0 bridgehead atoms. The van der Waals surface area contributed by atoms with Gasteiger partial charge in [-0.2, -0.15) is 0 Å². The van der Waals surface area contributed by atoms with Gasteiger partial charge in [0.15, 0.2) is 6.61 Å². The van der Waals surface area contributed by atoms with E-state index in [1.807, 2.05) is 0 Å². The summed E-state index contributed by atoms with van der Waals surface area (Å²) in [5, 5.41) is 3.02. The van der Waals surface area contributed by atoms with E-state index in [4.69, 9.17) is 16.3 Å². The Morgan fingerprint density at radius 3 is 2.40 bits per heavy atom. The minimum atomic E-state index is -3.50. The maximum atomic E-state index is 12.0. The average molecular weight is 448 g/mol. The molecule has 2 aromatic rings. The van der Waals surface area contributed by atoms with Gasteiger partial charge in [0.25, 0.3) is 5.91 Å². The van der Waals surface area contributed by atoms with Gasteiger partial charge in [-0.15, -0.1) is 0 Å². The highest BCUT2D eigenvalue weighted by atomic mass is 79.9. The number of halogens is 2. The molecule has 0 fully saturated rings. The molecule has 0 aliphatic rings. The first kappa shape index (κ1) is 19.7. The lowest BCUT2D eigenvalue weighted by Gasteiger charge is -2.12. The van der Waals surface area contributed by atoms with Crippen molar-refractivity contribution in [2.45, 2.75) is 4.90 Å². The second-order valence-corrected chi connectivity index (χ2v) is 8.70. The number of anilines is 1. The number of nitrogens with zero attached hydrogens (tertiary/aromatic N) is 1. The van der Waals surface area contributed by atoms with Gasteiger partial charge in [-0.05, 0) is 42.5 Å². The fraction of sp³-hybridized carbons (Fsp3) is 0.188. The van der Waals surface area contributed by atoms with Crippen LogP contribution in [-0.2, 0) is 14.8 Å². The molecule has 1 N–H and O–H groups in total. The lowest BCUT2D eigenvalue weighted by molar-refractivity contribution is -0.118. The van der Waals surface area contributed by atoms with Gasteiger partial charge in [0, 0.05) is 24.3 Å². The number of carbonyl (C=O) groups excluding carboxylic acids is 1. The van der Waals surface area contributed by atoms with Crippen LogP contribution in [-0.4, -0.2) is 39.3 Å². The second-order valence-electron chi connectivity index (χ2n) is 5.22. The fourth-order valence-electron chi connectivity index (χ4n) is 1.85. The van der Waals surface area contributed by atoms with Crippen molar-refractivity contribution in [2.24, 2.45) is 0 Å². The Bertz CT molecular complexity index is 870. The quantitative estimate of drug-likeness (QED) is 0.737. The normalized spacial score (nSPS) is 11.4. The third kappa shape index (κ3) is 5.18. The highest BCUT2D eigenvalue weighted by Gasteiger charge is 2.16. The molecule has 0 radical (unpaired) electrons. The second kappa shape index (κ2) is 8.18. The highest BCUT2D eigenvalue weighted by molar-refractivity contribution is 9.10. The Labute approximate surface area is 159 Å². The van der Waals surface area contributed by atoms with Crippen molar-refractivity contribution in [3.05, 3.63) is 52.0 Å². The van der Waals surface area contributed by atoms with Crippen LogP contribution >= 0.6 is 27.5 Å². The van der Waals surface area contributed by atoms with Crippen LogP contribution in [0.3, 0.4) is 0 Å². The van der Waals surface area contributed by atoms with Crippen LogP contribution in [0, 0.1) is 0 Å². The van der Waals surface area contributed by atoms with Gasteiger partial charge in [0.05, 0.1) is 9.92 Å². The Kier molecular flexibility index (Phi) is 6.45. The number of nitrogens with one attached hydrogen (secondary N) is 1. The molecule has 0 saturated heterocycles. The summed E-state index contributed by atoms with van der Waals surface area (Å²) in [6.07, 6.45) is 0. The summed E-state index contributed by atoms with van der Waals surface area (Å²) in [5.74, 6) is 0.00893. The van der Waals surface area contributed by atoms with Gasteiger partial charge in [-0.25, -0.2) is 12.7 Å². The van der Waals surface area contributed by atoms with Crippen molar-refractivity contribution in [3.8, 4) is 5.75 Å². The molecule has 0 spiro atoms. The Balaban J connectivity index is 1.97. The zero-order valence-corrected chi connectivity index (χ0v) is 16.7. The molecule has 0 heterocycles. The third-order valence-electron chi connectivity index (χ3n) is 3.17. The molecular weight excluding hydrogens is 432 g/mol. The minimum Gasteiger partial charge on any atom is -0.482 e. The van der Waals surface area contributed by atoms with E-state index in [1.54, 1.807) is 18.2 Å².